The van der Waals surface area contributed by atoms with Gasteiger partial charge in [-0.1, -0.05) is 23.8 Å². The Labute approximate surface area is 80.4 Å². The predicted molar refractivity (Wildman–Crippen MR) is 55.9 cm³/mol. The molecule has 0 fully saturated rings. The van der Waals surface area contributed by atoms with Gasteiger partial charge in [0.15, 0.2) is 0 Å². The van der Waals surface area contributed by atoms with Gasteiger partial charge in [-0.05, 0) is 38.4 Å². The molecular formula is C12H17N. The lowest BCUT2D eigenvalue weighted by atomic mass is 9.93. The molecule has 1 aliphatic rings. The van der Waals surface area contributed by atoms with E-state index in [1.807, 2.05) is 0 Å². The highest BCUT2D eigenvalue weighted by Crippen LogP contribution is 2.28. The van der Waals surface area contributed by atoms with Crippen LogP contribution >= 0.6 is 0 Å². The molecule has 70 valence electrons. The van der Waals surface area contributed by atoms with Gasteiger partial charge in [-0.3, -0.25) is 4.90 Å². The Balaban J connectivity index is 2.44. The molecule has 1 aromatic rings. The van der Waals surface area contributed by atoms with Crippen molar-refractivity contribution in [2.75, 3.05) is 13.6 Å². The maximum atomic E-state index is 2.41. The van der Waals surface area contributed by atoms with Crippen molar-refractivity contribution in [1.82, 2.24) is 4.90 Å². The van der Waals surface area contributed by atoms with Gasteiger partial charge in [-0.15, -0.1) is 0 Å². The van der Waals surface area contributed by atoms with Gasteiger partial charge in [-0.25, -0.2) is 0 Å². The van der Waals surface area contributed by atoms with Crippen LogP contribution in [0.2, 0.25) is 0 Å². The van der Waals surface area contributed by atoms with Crippen molar-refractivity contribution in [3.63, 3.8) is 0 Å². The highest BCUT2D eigenvalue weighted by atomic mass is 15.1. The van der Waals surface area contributed by atoms with E-state index < -0.39 is 0 Å². The number of hydrogen-bond acceptors (Lipinski definition) is 1. The number of hydrogen-bond donors (Lipinski definition) is 0. The summed E-state index contributed by atoms with van der Waals surface area (Å²) in [6.45, 7) is 5.65. The van der Waals surface area contributed by atoms with E-state index in [2.05, 4.69) is 44.0 Å². The summed E-state index contributed by atoms with van der Waals surface area (Å²) in [5.41, 5.74) is 4.44. The monoisotopic (exact) mass is 175 g/mol. The Hall–Kier alpha value is -0.820. The normalized spacial score (nSPS) is 22.8. The van der Waals surface area contributed by atoms with E-state index in [-0.39, 0.29) is 0 Å². The number of rotatable bonds is 0. The molecule has 0 aromatic heterocycles. The first-order chi connectivity index (χ1) is 6.18. The molecule has 2 rings (SSSR count). The summed E-state index contributed by atoms with van der Waals surface area (Å²) in [6, 6.07) is 7.42. The predicted octanol–water partition coefficient (Wildman–Crippen LogP) is 2.54. The molecule has 0 saturated heterocycles. The van der Waals surface area contributed by atoms with E-state index in [9.17, 15) is 0 Å². The molecule has 1 aromatic carbocycles. The fraction of sp³-hybridized carbons (Fsp3) is 0.500. The Kier molecular flexibility index (Phi) is 2.12. The van der Waals surface area contributed by atoms with Gasteiger partial charge >= 0.3 is 0 Å². The van der Waals surface area contributed by atoms with Gasteiger partial charge in [0.05, 0.1) is 0 Å². The number of aryl methyl sites for hydroxylation is 1. The van der Waals surface area contributed by atoms with Crippen LogP contribution in [0.4, 0.5) is 0 Å². The molecule has 1 atom stereocenters. The van der Waals surface area contributed by atoms with Crippen molar-refractivity contribution in [3.8, 4) is 0 Å². The summed E-state index contributed by atoms with van der Waals surface area (Å²) in [7, 11) is 2.20. The van der Waals surface area contributed by atoms with Crippen LogP contribution in [0.25, 0.3) is 0 Å². The van der Waals surface area contributed by atoms with Crippen LogP contribution in [0.15, 0.2) is 18.2 Å². The van der Waals surface area contributed by atoms with Crippen molar-refractivity contribution in [1.29, 1.82) is 0 Å². The first kappa shape index (κ1) is 8.76. The fourth-order valence-electron chi connectivity index (χ4n) is 2.09. The van der Waals surface area contributed by atoms with Crippen LogP contribution in [0, 0.1) is 6.92 Å². The molecule has 0 bridgehead atoms. The summed E-state index contributed by atoms with van der Waals surface area (Å²) < 4.78 is 0. The van der Waals surface area contributed by atoms with Gasteiger partial charge in [0.1, 0.15) is 0 Å². The van der Waals surface area contributed by atoms with Crippen molar-refractivity contribution in [3.05, 3.63) is 34.9 Å². The van der Waals surface area contributed by atoms with Gasteiger partial charge < -0.3 is 0 Å². The zero-order valence-electron chi connectivity index (χ0n) is 8.67. The summed E-state index contributed by atoms with van der Waals surface area (Å²) in [5, 5.41) is 0. The third kappa shape index (κ3) is 1.49. The van der Waals surface area contributed by atoms with E-state index in [4.69, 9.17) is 0 Å². The van der Waals surface area contributed by atoms with Crippen LogP contribution in [-0.2, 0) is 6.42 Å². The molecule has 1 heterocycles. The zero-order valence-corrected chi connectivity index (χ0v) is 8.67. The summed E-state index contributed by atoms with van der Waals surface area (Å²) in [4.78, 5) is 2.41. The minimum atomic E-state index is 0.587. The standard InChI is InChI=1S/C12H17N/c1-9-4-5-12-10(2)13(3)7-6-11(12)8-9/h4-5,8,10H,6-7H2,1-3H3. The second-order valence-corrected chi connectivity index (χ2v) is 4.11. The molecule has 0 amide bonds. The minimum Gasteiger partial charge on any atom is -0.299 e. The van der Waals surface area contributed by atoms with Gasteiger partial charge in [-0.2, -0.15) is 0 Å². The van der Waals surface area contributed by atoms with Crippen molar-refractivity contribution < 1.29 is 0 Å². The average Bonchev–Trinajstić information content (AvgIpc) is 2.12. The quantitative estimate of drug-likeness (QED) is 0.585. The van der Waals surface area contributed by atoms with Crippen LogP contribution in [-0.4, -0.2) is 18.5 Å². The Bertz CT molecular complexity index is 317. The lowest BCUT2D eigenvalue weighted by molar-refractivity contribution is 0.247. The van der Waals surface area contributed by atoms with Crippen molar-refractivity contribution in [2.24, 2.45) is 0 Å². The summed E-state index contributed by atoms with van der Waals surface area (Å²) >= 11 is 0. The Morgan fingerprint density at radius 2 is 2.15 bits per heavy atom. The molecule has 0 aliphatic carbocycles. The van der Waals surface area contributed by atoms with E-state index in [0.29, 0.717) is 6.04 Å². The third-order valence-electron chi connectivity index (χ3n) is 3.14. The van der Waals surface area contributed by atoms with Gasteiger partial charge in [0.25, 0.3) is 0 Å². The SMILES string of the molecule is Cc1ccc2c(c1)CCN(C)C2C. The number of likely N-dealkylation sites (N-methyl/N-ethyl adjacent to an activating group) is 1. The van der Waals surface area contributed by atoms with E-state index in [0.717, 1.165) is 0 Å². The van der Waals surface area contributed by atoms with Crippen molar-refractivity contribution >= 4 is 0 Å². The molecule has 0 spiro atoms. The minimum absolute atomic E-state index is 0.587. The maximum absolute atomic E-state index is 2.41. The van der Waals surface area contributed by atoms with E-state index in [1.54, 1.807) is 5.56 Å². The molecule has 1 nitrogen and oxygen atoms in total. The third-order valence-corrected chi connectivity index (χ3v) is 3.14. The van der Waals surface area contributed by atoms with Crippen LogP contribution in [0.3, 0.4) is 0 Å². The molecule has 13 heavy (non-hydrogen) atoms. The second kappa shape index (κ2) is 3.15. The lowest BCUT2D eigenvalue weighted by Crippen LogP contribution is -2.30. The first-order valence-electron chi connectivity index (χ1n) is 4.98. The van der Waals surface area contributed by atoms with Gasteiger partial charge in [0.2, 0.25) is 0 Å². The van der Waals surface area contributed by atoms with Crippen LogP contribution in [0.5, 0.6) is 0 Å². The summed E-state index contributed by atoms with van der Waals surface area (Å²) in [5.74, 6) is 0. The molecule has 0 N–H and O–H groups in total. The number of benzene rings is 1. The molecule has 0 saturated carbocycles. The zero-order chi connectivity index (χ0) is 9.42. The Morgan fingerprint density at radius 3 is 2.92 bits per heavy atom. The molecular weight excluding hydrogens is 158 g/mol. The van der Waals surface area contributed by atoms with E-state index >= 15 is 0 Å². The maximum Gasteiger partial charge on any atom is 0.0319 e. The van der Waals surface area contributed by atoms with E-state index in [1.165, 1.54) is 24.1 Å². The average molecular weight is 175 g/mol. The molecule has 1 aliphatic heterocycles. The fourth-order valence-corrected chi connectivity index (χ4v) is 2.09. The van der Waals surface area contributed by atoms with Crippen LogP contribution < -0.4 is 0 Å². The molecule has 1 unspecified atom stereocenters. The molecule has 1 heteroatoms. The second-order valence-electron chi connectivity index (χ2n) is 4.11. The van der Waals surface area contributed by atoms with Crippen LogP contribution in [0.1, 0.15) is 29.7 Å². The largest absolute Gasteiger partial charge is 0.299 e. The smallest absolute Gasteiger partial charge is 0.0319 e. The Morgan fingerprint density at radius 1 is 1.38 bits per heavy atom. The number of nitrogens with zero attached hydrogens (tertiary/aromatic N) is 1. The highest BCUT2D eigenvalue weighted by Gasteiger charge is 2.19. The summed E-state index contributed by atoms with van der Waals surface area (Å²) in [6.07, 6.45) is 1.21. The lowest BCUT2D eigenvalue weighted by Gasteiger charge is -2.32. The molecule has 0 radical (unpaired) electrons. The highest BCUT2D eigenvalue weighted by molar-refractivity contribution is 5.35. The van der Waals surface area contributed by atoms with Crippen molar-refractivity contribution in [2.45, 2.75) is 26.3 Å². The topological polar surface area (TPSA) is 3.24 Å². The first-order valence-corrected chi connectivity index (χ1v) is 4.98. The number of fused-ring (bicyclic) bond motifs is 1. The van der Waals surface area contributed by atoms with Gasteiger partial charge in [0, 0.05) is 12.6 Å².